The average Bonchev–Trinajstić information content (AvgIpc) is 2.97. The molecule has 1 aliphatic carbocycles. The maximum Gasteiger partial charge on any atom is 0.310 e. The van der Waals surface area contributed by atoms with Crippen molar-refractivity contribution in [2.24, 2.45) is 5.41 Å². The Labute approximate surface area is 122 Å². The van der Waals surface area contributed by atoms with Gasteiger partial charge in [0.2, 0.25) is 11.7 Å². The minimum Gasteiger partial charge on any atom is -0.481 e. The fourth-order valence-electron chi connectivity index (χ4n) is 2.92. The summed E-state index contributed by atoms with van der Waals surface area (Å²) in [6.45, 7) is 0. The summed E-state index contributed by atoms with van der Waals surface area (Å²) in [7, 11) is 0. The topological polar surface area (TPSA) is 89.1 Å². The van der Waals surface area contributed by atoms with E-state index in [-0.39, 0.29) is 0 Å². The summed E-state index contributed by atoms with van der Waals surface area (Å²) in [6.07, 6.45) is 7.95. The second-order valence-corrected chi connectivity index (χ2v) is 5.58. The van der Waals surface area contributed by atoms with E-state index in [4.69, 9.17) is 4.52 Å². The summed E-state index contributed by atoms with van der Waals surface area (Å²) in [5.41, 5.74) is 0.0114. The quantitative estimate of drug-likeness (QED) is 0.930. The lowest BCUT2D eigenvalue weighted by Gasteiger charge is -2.31. The predicted molar refractivity (Wildman–Crippen MR) is 74.4 cm³/mol. The molecule has 0 spiro atoms. The first-order chi connectivity index (χ1) is 10.2. The van der Waals surface area contributed by atoms with Crippen molar-refractivity contribution in [3.63, 3.8) is 0 Å². The summed E-state index contributed by atoms with van der Waals surface area (Å²) in [5.74, 6) is 0.0796. The normalized spacial score (nSPS) is 17.5. The molecule has 0 atom stereocenters. The number of hydrogen-bond acceptors (Lipinski definition) is 5. The van der Waals surface area contributed by atoms with Gasteiger partial charge in [0.1, 0.15) is 0 Å². The molecule has 2 aromatic rings. The molecule has 0 aromatic carbocycles. The van der Waals surface area contributed by atoms with Crippen LogP contribution in [0.1, 0.15) is 38.0 Å². The maximum atomic E-state index is 11.7. The Morgan fingerprint density at radius 1 is 1.33 bits per heavy atom. The highest BCUT2D eigenvalue weighted by molar-refractivity contribution is 5.75. The highest BCUT2D eigenvalue weighted by Crippen LogP contribution is 2.39. The first kappa shape index (κ1) is 13.7. The Morgan fingerprint density at radius 3 is 2.81 bits per heavy atom. The lowest BCUT2D eigenvalue weighted by atomic mass is 9.72. The van der Waals surface area contributed by atoms with Crippen LogP contribution < -0.4 is 0 Å². The zero-order chi connectivity index (χ0) is 14.7. The van der Waals surface area contributed by atoms with Crippen LogP contribution in [0.5, 0.6) is 0 Å². The Hall–Kier alpha value is -2.24. The van der Waals surface area contributed by atoms with E-state index in [2.05, 4.69) is 15.1 Å². The number of carboxylic acid groups (broad SMARTS) is 1. The first-order valence-corrected chi connectivity index (χ1v) is 7.16. The van der Waals surface area contributed by atoms with Crippen molar-refractivity contribution in [1.82, 2.24) is 15.1 Å². The van der Waals surface area contributed by atoms with E-state index in [1.807, 2.05) is 6.07 Å². The second kappa shape index (κ2) is 5.63. The number of aromatic nitrogens is 3. The predicted octanol–water partition coefficient (Wildman–Crippen LogP) is 2.71. The van der Waals surface area contributed by atoms with Gasteiger partial charge in [-0.2, -0.15) is 4.98 Å². The van der Waals surface area contributed by atoms with Gasteiger partial charge in [0.15, 0.2) is 0 Å². The molecule has 1 saturated carbocycles. The highest BCUT2D eigenvalue weighted by atomic mass is 16.5. The van der Waals surface area contributed by atoms with Crippen LogP contribution in [0.15, 0.2) is 29.0 Å². The fraction of sp³-hybridized carbons (Fsp3) is 0.467. The lowest BCUT2D eigenvalue weighted by molar-refractivity contribution is -0.151. The summed E-state index contributed by atoms with van der Waals surface area (Å²) >= 11 is 0. The van der Waals surface area contributed by atoms with Gasteiger partial charge in [-0.15, -0.1) is 0 Å². The van der Waals surface area contributed by atoms with Crippen LogP contribution in [-0.2, 0) is 11.2 Å². The van der Waals surface area contributed by atoms with E-state index < -0.39 is 11.4 Å². The number of nitrogens with zero attached hydrogens (tertiary/aromatic N) is 3. The third-order valence-electron chi connectivity index (χ3n) is 4.14. The molecule has 110 valence electrons. The lowest BCUT2D eigenvalue weighted by Crippen LogP contribution is -2.35. The molecule has 21 heavy (non-hydrogen) atoms. The van der Waals surface area contributed by atoms with E-state index >= 15 is 0 Å². The monoisotopic (exact) mass is 287 g/mol. The minimum atomic E-state index is -0.761. The van der Waals surface area contributed by atoms with E-state index in [1.165, 1.54) is 0 Å². The van der Waals surface area contributed by atoms with Gasteiger partial charge in [-0.25, -0.2) is 0 Å². The molecular weight excluding hydrogens is 270 g/mol. The number of hydrogen-bond donors (Lipinski definition) is 1. The largest absolute Gasteiger partial charge is 0.481 e. The van der Waals surface area contributed by atoms with Crippen LogP contribution in [0, 0.1) is 5.41 Å². The van der Waals surface area contributed by atoms with Gasteiger partial charge in [-0.1, -0.05) is 24.4 Å². The molecule has 0 bridgehead atoms. The molecule has 0 aliphatic heterocycles. The Morgan fingerprint density at radius 2 is 2.14 bits per heavy atom. The summed E-state index contributed by atoms with van der Waals surface area (Å²) in [5, 5.41) is 13.5. The van der Waals surface area contributed by atoms with E-state index in [1.54, 1.807) is 18.5 Å². The summed E-state index contributed by atoms with van der Waals surface area (Å²) in [4.78, 5) is 20.0. The fourth-order valence-corrected chi connectivity index (χ4v) is 2.92. The van der Waals surface area contributed by atoms with Gasteiger partial charge in [-0.05, 0) is 25.0 Å². The van der Waals surface area contributed by atoms with Crippen molar-refractivity contribution < 1.29 is 14.4 Å². The molecule has 6 nitrogen and oxygen atoms in total. The molecule has 0 amide bonds. The van der Waals surface area contributed by atoms with Crippen LogP contribution >= 0.6 is 0 Å². The van der Waals surface area contributed by atoms with Gasteiger partial charge in [0, 0.05) is 24.4 Å². The molecule has 1 fully saturated rings. The van der Waals surface area contributed by atoms with Crippen molar-refractivity contribution >= 4 is 5.97 Å². The molecule has 1 aliphatic rings. The van der Waals surface area contributed by atoms with Crippen LogP contribution in [0.3, 0.4) is 0 Å². The summed E-state index contributed by atoms with van der Waals surface area (Å²) in [6, 6.07) is 3.64. The molecule has 0 unspecified atom stereocenters. The van der Waals surface area contributed by atoms with E-state index in [9.17, 15) is 9.90 Å². The van der Waals surface area contributed by atoms with Crippen molar-refractivity contribution in [1.29, 1.82) is 0 Å². The zero-order valence-electron chi connectivity index (χ0n) is 11.7. The molecular formula is C15H17N3O3. The molecule has 2 aromatic heterocycles. The number of rotatable bonds is 4. The molecule has 0 radical (unpaired) electrons. The average molecular weight is 287 g/mol. The van der Waals surface area contributed by atoms with Gasteiger partial charge in [0.25, 0.3) is 0 Å². The Kier molecular flexibility index (Phi) is 3.68. The third kappa shape index (κ3) is 2.79. The Bertz CT molecular complexity index is 618. The molecule has 0 saturated heterocycles. The Balaban J connectivity index is 1.81. The zero-order valence-corrected chi connectivity index (χ0v) is 11.7. The van der Waals surface area contributed by atoms with Gasteiger partial charge < -0.3 is 9.63 Å². The number of aliphatic carboxylic acids is 1. The van der Waals surface area contributed by atoms with Crippen molar-refractivity contribution in [3.8, 4) is 11.4 Å². The first-order valence-electron chi connectivity index (χ1n) is 7.16. The minimum absolute atomic E-state index is 0.301. The van der Waals surface area contributed by atoms with E-state index in [0.29, 0.717) is 31.0 Å². The standard InChI is InChI=1S/C15H17N3O3/c19-14(20)15(6-2-1-3-7-15)9-12-17-13(18-21-12)11-5-4-8-16-10-11/h4-5,8,10H,1-3,6-7,9H2,(H,19,20). The maximum absolute atomic E-state index is 11.7. The van der Waals surface area contributed by atoms with Crippen LogP contribution in [0.4, 0.5) is 0 Å². The molecule has 3 rings (SSSR count). The number of carboxylic acids is 1. The van der Waals surface area contributed by atoms with Gasteiger partial charge in [0.05, 0.1) is 5.41 Å². The van der Waals surface area contributed by atoms with Crippen molar-refractivity contribution in [3.05, 3.63) is 30.4 Å². The number of pyridine rings is 1. The molecule has 2 heterocycles. The highest BCUT2D eigenvalue weighted by Gasteiger charge is 2.41. The third-order valence-corrected chi connectivity index (χ3v) is 4.14. The van der Waals surface area contributed by atoms with Crippen LogP contribution in [-0.4, -0.2) is 26.2 Å². The number of carbonyl (C=O) groups is 1. The van der Waals surface area contributed by atoms with Gasteiger partial charge >= 0.3 is 5.97 Å². The molecule has 6 heteroatoms. The molecule has 1 N–H and O–H groups in total. The smallest absolute Gasteiger partial charge is 0.310 e. The van der Waals surface area contributed by atoms with E-state index in [0.717, 1.165) is 24.8 Å². The van der Waals surface area contributed by atoms with Crippen LogP contribution in [0.2, 0.25) is 0 Å². The SMILES string of the molecule is O=C(O)C1(Cc2nc(-c3cccnc3)no2)CCCCC1. The van der Waals surface area contributed by atoms with Gasteiger partial charge in [-0.3, -0.25) is 9.78 Å². The summed E-state index contributed by atoms with van der Waals surface area (Å²) < 4.78 is 5.24. The van der Waals surface area contributed by atoms with Crippen molar-refractivity contribution in [2.75, 3.05) is 0 Å². The van der Waals surface area contributed by atoms with Crippen LogP contribution in [0.25, 0.3) is 11.4 Å². The van der Waals surface area contributed by atoms with Crippen molar-refractivity contribution in [2.45, 2.75) is 38.5 Å². The second-order valence-electron chi connectivity index (χ2n) is 5.58.